The van der Waals surface area contributed by atoms with Gasteiger partial charge in [0.2, 0.25) is 0 Å². The molecule has 0 unspecified atom stereocenters. The van der Waals surface area contributed by atoms with Crippen LogP contribution in [0.3, 0.4) is 0 Å². The summed E-state index contributed by atoms with van der Waals surface area (Å²) in [6.07, 6.45) is 1.77. The zero-order chi connectivity index (χ0) is 27.4. The summed E-state index contributed by atoms with van der Waals surface area (Å²) in [4.78, 5) is 30.6. The first-order valence-electron chi connectivity index (χ1n) is 11.3. The first-order valence-corrected chi connectivity index (χ1v) is 13.9. The van der Waals surface area contributed by atoms with Gasteiger partial charge in [0.05, 0.1) is 36.4 Å². The number of aliphatic imine (C=N–C) groups is 1. The lowest BCUT2D eigenvalue weighted by molar-refractivity contribution is -0.121. The first kappa shape index (κ1) is 28.3. The Morgan fingerprint density at radius 1 is 1.13 bits per heavy atom. The van der Waals surface area contributed by atoms with Crippen molar-refractivity contribution in [1.29, 1.82) is 0 Å². The van der Waals surface area contributed by atoms with Crippen molar-refractivity contribution in [2.24, 2.45) is 4.99 Å². The Morgan fingerprint density at radius 2 is 1.92 bits per heavy atom. The Morgan fingerprint density at radius 3 is 2.63 bits per heavy atom. The number of carboxylic acids is 1. The van der Waals surface area contributed by atoms with E-state index in [-0.39, 0.29) is 18.1 Å². The first-order chi connectivity index (χ1) is 18.2. The lowest BCUT2D eigenvalue weighted by Gasteiger charge is -2.15. The summed E-state index contributed by atoms with van der Waals surface area (Å²) < 4.78 is 12.7. The van der Waals surface area contributed by atoms with Crippen LogP contribution in [0.5, 0.6) is 11.5 Å². The van der Waals surface area contributed by atoms with Gasteiger partial charge in [-0.1, -0.05) is 35.3 Å². The molecule has 1 saturated heterocycles. The molecule has 1 aliphatic heterocycles. The van der Waals surface area contributed by atoms with Crippen molar-refractivity contribution in [3.63, 3.8) is 0 Å². The van der Waals surface area contributed by atoms with Crippen LogP contribution in [0.4, 0.5) is 5.69 Å². The molecule has 0 saturated carbocycles. The number of amidine groups is 1. The second kappa shape index (κ2) is 12.4. The lowest BCUT2D eigenvalue weighted by atomic mass is 10.1. The standard InChI is InChI=1S/C27H21Cl2IN2O5S/c1-3-36-22-11-16(10-21(30)24(22)37-14-15-7-8-19(28)20(29)9-15)12-23-25(33)32(2)27(38-23)31-18-6-4-5-17(13-18)26(34)35/h4-13H,3,14H2,1-2H3,(H,34,35)/b23-12-,31-27?. The van der Waals surface area contributed by atoms with Crippen molar-refractivity contribution < 1.29 is 24.2 Å². The zero-order valence-corrected chi connectivity index (χ0v) is 24.7. The molecule has 1 N–H and O–H groups in total. The van der Waals surface area contributed by atoms with Crippen molar-refractivity contribution >= 4 is 86.4 Å². The molecular formula is C27H21Cl2IN2O5S. The Balaban J connectivity index is 1.59. The number of nitrogens with zero attached hydrogens (tertiary/aromatic N) is 2. The SMILES string of the molecule is CCOc1cc(/C=C2\SC(=Nc3cccc(C(=O)O)c3)N(C)C2=O)cc(I)c1OCc1ccc(Cl)c(Cl)c1. The van der Waals surface area contributed by atoms with Crippen LogP contribution in [0.25, 0.3) is 6.08 Å². The average molecular weight is 683 g/mol. The van der Waals surface area contributed by atoms with Gasteiger partial charge in [-0.15, -0.1) is 0 Å². The number of halogens is 3. The van der Waals surface area contributed by atoms with Gasteiger partial charge in [-0.05, 0) is 101 Å². The van der Waals surface area contributed by atoms with Crippen molar-refractivity contribution in [2.45, 2.75) is 13.5 Å². The maximum absolute atomic E-state index is 12.9. The van der Waals surface area contributed by atoms with Crippen LogP contribution in [0, 0.1) is 3.57 Å². The molecule has 11 heteroatoms. The highest BCUT2D eigenvalue weighted by Gasteiger charge is 2.30. The monoisotopic (exact) mass is 682 g/mol. The van der Waals surface area contributed by atoms with E-state index in [1.807, 2.05) is 25.1 Å². The maximum atomic E-state index is 12.9. The Hall–Kier alpha value is -2.73. The highest BCUT2D eigenvalue weighted by molar-refractivity contribution is 14.1. The Bertz CT molecular complexity index is 1480. The van der Waals surface area contributed by atoms with Crippen molar-refractivity contribution in [1.82, 2.24) is 4.90 Å². The average Bonchev–Trinajstić information content (AvgIpc) is 3.13. The number of hydrogen-bond donors (Lipinski definition) is 1. The summed E-state index contributed by atoms with van der Waals surface area (Å²) in [6, 6.07) is 15.3. The minimum Gasteiger partial charge on any atom is -0.490 e. The van der Waals surface area contributed by atoms with E-state index >= 15 is 0 Å². The molecule has 1 aliphatic rings. The summed E-state index contributed by atoms with van der Waals surface area (Å²) in [5, 5.41) is 10.6. The van der Waals surface area contributed by atoms with Gasteiger partial charge < -0.3 is 14.6 Å². The number of thioether (sulfide) groups is 1. The number of hydrogen-bond acceptors (Lipinski definition) is 6. The van der Waals surface area contributed by atoms with Gasteiger partial charge in [0.15, 0.2) is 16.7 Å². The van der Waals surface area contributed by atoms with Crippen LogP contribution in [-0.4, -0.2) is 40.7 Å². The number of aromatic carboxylic acids is 1. The number of carbonyl (C=O) groups excluding carboxylic acids is 1. The number of amides is 1. The normalized spacial score (nSPS) is 15.4. The molecule has 0 atom stereocenters. The van der Waals surface area contributed by atoms with E-state index < -0.39 is 5.97 Å². The van der Waals surface area contributed by atoms with Gasteiger partial charge in [-0.25, -0.2) is 9.79 Å². The van der Waals surface area contributed by atoms with Crippen LogP contribution < -0.4 is 9.47 Å². The summed E-state index contributed by atoms with van der Waals surface area (Å²) in [5.41, 5.74) is 2.20. The van der Waals surface area contributed by atoms with Crippen LogP contribution in [-0.2, 0) is 11.4 Å². The van der Waals surface area contributed by atoms with E-state index in [9.17, 15) is 14.7 Å². The molecule has 0 aliphatic carbocycles. The summed E-state index contributed by atoms with van der Waals surface area (Å²) >= 11 is 15.5. The van der Waals surface area contributed by atoms with E-state index in [1.54, 1.807) is 37.4 Å². The molecule has 7 nitrogen and oxygen atoms in total. The Labute approximate surface area is 247 Å². The molecule has 1 amide bonds. The fraction of sp³-hybridized carbons (Fsp3) is 0.148. The molecule has 38 heavy (non-hydrogen) atoms. The van der Waals surface area contributed by atoms with Crippen LogP contribution in [0.2, 0.25) is 10.0 Å². The number of likely N-dealkylation sites (N-methyl/N-ethyl adjacent to an activating group) is 1. The number of benzene rings is 3. The van der Waals surface area contributed by atoms with Gasteiger partial charge in [0.25, 0.3) is 5.91 Å². The summed E-state index contributed by atoms with van der Waals surface area (Å²) in [5.74, 6) is -0.116. The molecule has 0 bridgehead atoms. The molecule has 196 valence electrons. The van der Waals surface area contributed by atoms with Gasteiger partial charge in [0, 0.05) is 7.05 Å². The third kappa shape index (κ3) is 6.63. The number of carbonyl (C=O) groups is 2. The number of rotatable bonds is 8. The van der Waals surface area contributed by atoms with E-state index in [0.29, 0.717) is 43.9 Å². The molecule has 4 rings (SSSR count). The van der Waals surface area contributed by atoms with E-state index in [2.05, 4.69) is 27.6 Å². The van der Waals surface area contributed by atoms with Crippen molar-refractivity contribution in [3.05, 3.63) is 89.8 Å². The molecule has 1 heterocycles. The predicted octanol–water partition coefficient (Wildman–Crippen LogP) is 7.51. The fourth-order valence-corrected chi connectivity index (χ4v) is 5.57. The largest absolute Gasteiger partial charge is 0.490 e. The highest BCUT2D eigenvalue weighted by Crippen LogP contribution is 2.38. The summed E-state index contributed by atoms with van der Waals surface area (Å²) in [6.45, 7) is 2.59. The third-order valence-electron chi connectivity index (χ3n) is 5.32. The highest BCUT2D eigenvalue weighted by atomic mass is 127. The zero-order valence-electron chi connectivity index (χ0n) is 20.2. The minimum absolute atomic E-state index is 0.124. The van der Waals surface area contributed by atoms with Crippen LogP contribution in [0.15, 0.2) is 64.5 Å². The maximum Gasteiger partial charge on any atom is 0.335 e. The Kier molecular flexibility index (Phi) is 9.24. The quantitative estimate of drug-likeness (QED) is 0.196. The number of ether oxygens (including phenoxy) is 2. The fourth-order valence-electron chi connectivity index (χ4n) is 3.48. The molecule has 0 aromatic heterocycles. The second-order valence-corrected chi connectivity index (χ2v) is 11.0. The second-order valence-electron chi connectivity index (χ2n) is 8.02. The summed E-state index contributed by atoms with van der Waals surface area (Å²) in [7, 11) is 1.63. The molecular weight excluding hydrogens is 662 g/mol. The van der Waals surface area contributed by atoms with Crippen molar-refractivity contribution in [2.75, 3.05) is 13.7 Å². The van der Waals surface area contributed by atoms with E-state index in [0.717, 1.165) is 14.7 Å². The molecule has 3 aromatic carbocycles. The van der Waals surface area contributed by atoms with Crippen molar-refractivity contribution in [3.8, 4) is 11.5 Å². The molecule has 0 radical (unpaired) electrons. The molecule has 1 fully saturated rings. The smallest absolute Gasteiger partial charge is 0.335 e. The molecule has 3 aromatic rings. The van der Waals surface area contributed by atoms with Gasteiger partial charge >= 0.3 is 5.97 Å². The predicted molar refractivity (Wildman–Crippen MR) is 160 cm³/mol. The topological polar surface area (TPSA) is 88.4 Å². The van der Waals surface area contributed by atoms with E-state index in [4.69, 9.17) is 32.7 Å². The number of carboxylic acid groups (broad SMARTS) is 1. The van der Waals surface area contributed by atoms with Gasteiger partial charge in [0.1, 0.15) is 6.61 Å². The third-order valence-corrected chi connectivity index (χ3v) is 7.92. The van der Waals surface area contributed by atoms with Crippen LogP contribution in [0.1, 0.15) is 28.4 Å². The van der Waals surface area contributed by atoms with E-state index in [1.165, 1.54) is 28.8 Å². The molecule has 0 spiro atoms. The van der Waals surface area contributed by atoms with Gasteiger partial charge in [-0.3, -0.25) is 9.69 Å². The lowest BCUT2D eigenvalue weighted by Crippen LogP contribution is -2.23. The van der Waals surface area contributed by atoms with Gasteiger partial charge in [-0.2, -0.15) is 0 Å². The minimum atomic E-state index is -1.04. The van der Waals surface area contributed by atoms with Crippen LogP contribution >= 0.6 is 57.6 Å².